The molecule has 1 saturated heterocycles. The van der Waals surface area contributed by atoms with E-state index in [9.17, 15) is 5.11 Å². The highest BCUT2D eigenvalue weighted by Gasteiger charge is 2.31. The zero-order valence-corrected chi connectivity index (χ0v) is 8.14. The molecule has 0 saturated carbocycles. The van der Waals surface area contributed by atoms with Crippen molar-refractivity contribution in [3.8, 4) is 0 Å². The first-order valence-corrected chi connectivity index (χ1v) is 4.65. The fourth-order valence-electron chi connectivity index (χ4n) is 2.02. The molecule has 0 spiro atoms. The fourth-order valence-corrected chi connectivity index (χ4v) is 2.02. The summed E-state index contributed by atoms with van der Waals surface area (Å²) in [6.45, 7) is 3.35. The number of aliphatic hydroxyl groups is 1. The average Bonchev–Trinajstić information content (AvgIpc) is 2.05. The van der Waals surface area contributed by atoms with Crippen LogP contribution in [0.2, 0.25) is 0 Å². The first-order chi connectivity index (χ1) is 5.68. The minimum Gasteiger partial charge on any atom is -0.396 e. The highest BCUT2D eigenvalue weighted by molar-refractivity contribution is 4.86. The third-order valence-corrected chi connectivity index (χ3v) is 2.55. The number of aliphatic hydroxyl groups excluding tert-OH is 1. The van der Waals surface area contributed by atoms with Crippen molar-refractivity contribution in [1.29, 1.82) is 0 Å². The molecule has 12 heavy (non-hydrogen) atoms. The van der Waals surface area contributed by atoms with Gasteiger partial charge in [0.2, 0.25) is 0 Å². The smallest absolute Gasteiger partial charge is 0.0511 e. The third kappa shape index (κ3) is 2.44. The standard InChI is InChI=1S/C9H20N2O/c1-11(2)7-9(8-12)4-3-5-10-6-9/h10,12H,3-8H2,1-2H3/t9-/m0/s1. The number of rotatable bonds is 3. The Hall–Kier alpha value is -0.120. The van der Waals surface area contributed by atoms with Crippen LogP contribution in [-0.4, -0.2) is 50.3 Å². The van der Waals surface area contributed by atoms with Gasteiger partial charge in [-0.05, 0) is 33.5 Å². The van der Waals surface area contributed by atoms with E-state index in [1.165, 1.54) is 6.42 Å². The van der Waals surface area contributed by atoms with Crippen LogP contribution in [0, 0.1) is 5.41 Å². The molecule has 0 unspecified atom stereocenters. The normalized spacial score (nSPS) is 31.0. The monoisotopic (exact) mass is 172 g/mol. The second-order valence-electron chi connectivity index (χ2n) is 4.18. The van der Waals surface area contributed by atoms with E-state index < -0.39 is 0 Å². The zero-order valence-electron chi connectivity index (χ0n) is 8.14. The number of nitrogens with one attached hydrogen (secondary N) is 1. The Morgan fingerprint density at radius 1 is 1.50 bits per heavy atom. The molecule has 0 aromatic heterocycles. The van der Waals surface area contributed by atoms with Gasteiger partial charge in [-0.3, -0.25) is 0 Å². The minimum atomic E-state index is 0.113. The molecule has 0 amide bonds. The molecule has 0 aromatic rings. The summed E-state index contributed by atoms with van der Waals surface area (Å²) in [5.41, 5.74) is 0.113. The van der Waals surface area contributed by atoms with Crippen LogP contribution in [0.25, 0.3) is 0 Å². The van der Waals surface area contributed by atoms with E-state index in [2.05, 4.69) is 24.3 Å². The minimum absolute atomic E-state index is 0.113. The van der Waals surface area contributed by atoms with Crippen LogP contribution in [0.5, 0.6) is 0 Å². The predicted octanol–water partition coefficient (Wildman–Crippen LogP) is -0.0899. The van der Waals surface area contributed by atoms with Crippen molar-refractivity contribution in [1.82, 2.24) is 10.2 Å². The molecule has 72 valence electrons. The van der Waals surface area contributed by atoms with Crippen LogP contribution < -0.4 is 5.32 Å². The van der Waals surface area contributed by atoms with Crippen LogP contribution in [0.15, 0.2) is 0 Å². The molecule has 3 nitrogen and oxygen atoms in total. The van der Waals surface area contributed by atoms with Gasteiger partial charge in [-0.2, -0.15) is 0 Å². The Bertz CT molecular complexity index is 130. The maximum Gasteiger partial charge on any atom is 0.0511 e. The van der Waals surface area contributed by atoms with Crippen molar-refractivity contribution in [2.24, 2.45) is 5.41 Å². The zero-order chi connectivity index (χ0) is 9.03. The largest absolute Gasteiger partial charge is 0.396 e. The van der Waals surface area contributed by atoms with Crippen LogP contribution >= 0.6 is 0 Å². The second-order valence-corrected chi connectivity index (χ2v) is 4.18. The van der Waals surface area contributed by atoms with Gasteiger partial charge in [-0.1, -0.05) is 0 Å². The van der Waals surface area contributed by atoms with E-state index in [4.69, 9.17) is 0 Å². The fraction of sp³-hybridized carbons (Fsp3) is 1.00. The average molecular weight is 172 g/mol. The quantitative estimate of drug-likeness (QED) is 0.624. The van der Waals surface area contributed by atoms with Crippen molar-refractivity contribution in [3.05, 3.63) is 0 Å². The summed E-state index contributed by atoms with van der Waals surface area (Å²) in [6.07, 6.45) is 2.34. The van der Waals surface area contributed by atoms with Gasteiger partial charge < -0.3 is 15.3 Å². The summed E-state index contributed by atoms with van der Waals surface area (Å²) >= 11 is 0. The van der Waals surface area contributed by atoms with Gasteiger partial charge in [0.15, 0.2) is 0 Å². The topological polar surface area (TPSA) is 35.5 Å². The van der Waals surface area contributed by atoms with Gasteiger partial charge in [0.25, 0.3) is 0 Å². The van der Waals surface area contributed by atoms with Crippen LogP contribution in [0.4, 0.5) is 0 Å². The summed E-state index contributed by atoms with van der Waals surface area (Å²) in [7, 11) is 4.12. The summed E-state index contributed by atoms with van der Waals surface area (Å²) in [5.74, 6) is 0. The molecule has 0 aromatic carbocycles. The highest BCUT2D eigenvalue weighted by atomic mass is 16.3. The molecule has 3 heteroatoms. The first-order valence-electron chi connectivity index (χ1n) is 4.65. The summed E-state index contributed by atoms with van der Waals surface area (Å²) < 4.78 is 0. The molecule has 0 radical (unpaired) electrons. The molecular weight excluding hydrogens is 152 g/mol. The number of nitrogens with zero attached hydrogens (tertiary/aromatic N) is 1. The maximum atomic E-state index is 9.32. The lowest BCUT2D eigenvalue weighted by Crippen LogP contribution is -2.48. The molecule has 0 bridgehead atoms. The van der Waals surface area contributed by atoms with Crippen molar-refractivity contribution >= 4 is 0 Å². The van der Waals surface area contributed by atoms with Crippen LogP contribution in [0.1, 0.15) is 12.8 Å². The van der Waals surface area contributed by atoms with E-state index in [0.717, 1.165) is 26.1 Å². The number of hydrogen-bond acceptors (Lipinski definition) is 3. The Morgan fingerprint density at radius 2 is 2.25 bits per heavy atom. The van der Waals surface area contributed by atoms with Gasteiger partial charge in [-0.25, -0.2) is 0 Å². The molecule has 1 heterocycles. The van der Waals surface area contributed by atoms with Crippen molar-refractivity contribution in [2.45, 2.75) is 12.8 Å². The summed E-state index contributed by atoms with van der Waals surface area (Å²) in [4.78, 5) is 2.16. The SMILES string of the molecule is CN(C)C[C@]1(CO)CCCNC1. The van der Waals surface area contributed by atoms with Crippen LogP contribution in [-0.2, 0) is 0 Å². The van der Waals surface area contributed by atoms with Gasteiger partial charge >= 0.3 is 0 Å². The Kier molecular flexibility index (Phi) is 3.50. The molecule has 1 aliphatic rings. The summed E-state index contributed by atoms with van der Waals surface area (Å²) in [6, 6.07) is 0. The Morgan fingerprint density at radius 3 is 2.67 bits per heavy atom. The van der Waals surface area contributed by atoms with E-state index in [-0.39, 0.29) is 5.41 Å². The molecule has 1 aliphatic heterocycles. The van der Waals surface area contributed by atoms with E-state index in [1.54, 1.807) is 0 Å². The lowest BCUT2D eigenvalue weighted by Gasteiger charge is -2.38. The highest BCUT2D eigenvalue weighted by Crippen LogP contribution is 2.25. The van der Waals surface area contributed by atoms with E-state index in [0.29, 0.717) is 6.61 Å². The van der Waals surface area contributed by atoms with Crippen molar-refractivity contribution < 1.29 is 5.11 Å². The molecular formula is C9H20N2O. The van der Waals surface area contributed by atoms with E-state index >= 15 is 0 Å². The van der Waals surface area contributed by atoms with Gasteiger partial charge in [0.1, 0.15) is 0 Å². The predicted molar refractivity (Wildman–Crippen MR) is 50.2 cm³/mol. The number of piperidine rings is 1. The first kappa shape index (κ1) is 9.96. The van der Waals surface area contributed by atoms with Gasteiger partial charge in [-0.15, -0.1) is 0 Å². The van der Waals surface area contributed by atoms with Gasteiger partial charge in [0.05, 0.1) is 6.61 Å². The number of hydrogen-bond donors (Lipinski definition) is 2. The Balaban J connectivity index is 2.48. The molecule has 1 rings (SSSR count). The lowest BCUT2D eigenvalue weighted by molar-refractivity contribution is 0.0670. The third-order valence-electron chi connectivity index (χ3n) is 2.55. The Labute approximate surface area is 74.8 Å². The van der Waals surface area contributed by atoms with Crippen molar-refractivity contribution in [2.75, 3.05) is 40.3 Å². The molecule has 2 N–H and O–H groups in total. The maximum absolute atomic E-state index is 9.32. The lowest BCUT2D eigenvalue weighted by atomic mass is 9.81. The van der Waals surface area contributed by atoms with Crippen LogP contribution in [0.3, 0.4) is 0 Å². The molecule has 0 aliphatic carbocycles. The van der Waals surface area contributed by atoms with Gasteiger partial charge in [0, 0.05) is 18.5 Å². The second kappa shape index (κ2) is 4.21. The molecule has 1 atom stereocenters. The van der Waals surface area contributed by atoms with Crippen molar-refractivity contribution in [3.63, 3.8) is 0 Å². The van der Waals surface area contributed by atoms with E-state index in [1.807, 2.05) is 0 Å². The summed E-state index contributed by atoms with van der Waals surface area (Å²) in [5, 5.41) is 12.7. The molecule has 1 fully saturated rings.